The van der Waals surface area contributed by atoms with Gasteiger partial charge in [-0.2, -0.15) is 0 Å². The monoisotopic (exact) mass is 233 g/mol. The van der Waals surface area contributed by atoms with E-state index >= 15 is 0 Å². The molecule has 0 unspecified atom stereocenters. The number of nitrogens with zero attached hydrogens (tertiary/aromatic N) is 1. The number of nitrogens with two attached hydrogens (primary N) is 1. The molecule has 0 atom stereocenters. The minimum Gasteiger partial charge on any atom is -0.384 e. The minimum absolute atomic E-state index is 0.154. The van der Waals surface area contributed by atoms with Crippen molar-refractivity contribution < 1.29 is 0 Å². The first kappa shape index (κ1) is 13.7. The van der Waals surface area contributed by atoms with Gasteiger partial charge in [0.25, 0.3) is 0 Å². The molecule has 0 aromatic heterocycles. The third kappa shape index (κ3) is 3.86. The van der Waals surface area contributed by atoms with Gasteiger partial charge in [0.05, 0.1) is 0 Å². The fourth-order valence-electron chi connectivity index (χ4n) is 1.95. The third-order valence-electron chi connectivity index (χ3n) is 2.92. The minimum atomic E-state index is 0.154. The molecule has 0 radical (unpaired) electrons. The van der Waals surface area contributed by atoms with E-state index in [4.69, 9.17) is 11.1 Å². The predicted molar refractivity (Wildman–Crippen MR) is 73.3 cm³/mol. The van der Waals surface area contributed by atoms with Crippen molar-refractivity contribution in [1.29, 1.82) is 5.41 Å². The second-order valence-corrected chi connectivity index (χ2v) is 4.64. The first-order valence-electron chi connectivity index (χ1n) is 6.22. The van der Waals surface area contributed by atoms with Gasteiger partial charge in [-0.1, -0.05) is 31.2 Å². The van der Waals surface area contributed by atoms with Gasteiger partial charge < -0.3 is 5.73 Å². The molecule has 0 spiro atoms. The van der Waals surface area contributed by atoms with E-state index < -0.39 is 0 Å². The normalized spacial score (nSPS) is 11.1. The summed E-state index contributed by atoms with van der Waals surface area (Å²) in [6.45, 7) is 8.52. The van der Waals surface area contributed by atoms with Crippen LogP contribution in [0.3, 0.4) is 0 Å². The van der Waals surface area contributed by atoms with Gasteiger partial charge in [0.1, 0.15) is 5.84 Å². The zero-order valence-electron chi connectivity index (χ0n) is 11.0. The van der Waals surface area contributed by atoms with Crippen LogP contribution in [0, 0.1) is 5.41 Å². The Balaban J connectivity index is 2.88. The molecular formula is C14H23N3. The van der Waals surface area contributed by atoms with Crippen molar-refractivity contribution >= 4 is 5.84 Å². The molecule has 3 heteroatoms. The summed E-state index contributed by atoms with van der Waals surface area (Å²) in [4.78, 5) is 2.40. The second-order valence-electron chi connectivity index (χ2n) is 4.64. The van der Waals surface area contributed by atoms with Crippen LogP contribution in [0.4, 0.5) is 0 Å². The summed E-state index contributed by atoms with van der Waals surface area (Å²) in [7, 11) is 0. The summed E-state index contributed by atoms with van der Waals surface area (Å²) in [5.74, 6) is 0.154. The van der Waals surface area contributed by atoms with E-state index in [9.17, 15) is 0 Å². The Hall–Kier alpha value is -1.35. The third-order valence-corrected chi connectivity index (χ3v) is 2.92. The molecule has 0 saturated carbocycles. The summed E-state index contributed by atoms with van der Waals surface area (Å²) in [6, 6.07) is 8.42. The number of amidine groups is 1. The number of hydrogen-bond donors (Lipinski definition) is 2. The summed E-state index contributed by atoms with van der Waals surface area (Å²) in [6.07, 6.45) is 1.14. The smallest absolute Gasteiger partial charge is 0.123 e. The number of hydrogen-bond acceptors (Lipinski definition) is 2. The van der Waals surface area contributed by atoms with Crippen LogP contribution in [0.25, 0.3) is 0 Å². The molecule has 0 aliphatic rings. The van der Waals surface area contributed by atoms with Crippen LogP contribution in [0.5, 0.6) is 0 Å². The van der Waals surface area contributed by atoms with Gasteiger partial charge in [0, 0.05) is 18.2 Å². The van der Waals surface area contributed by atoms with Crippen LogP contribution in [-0.4, -0.2) is 23.3 Å². The largest absolute Gasteiger partial charge is 0.384 e. The first-order valence-corrected chi connectivity index (χ1v) is 6.22. The van der Waals surface area contributed by atoms with Crippen molar-refractivity contribution in [2.75, 3.05) is 6.54 Å². The van der Waals surface area contributed by atoms with Crippen molar-refractivity contribution in [1.82, 2.24) is 4.90 Å². The molecule has 0 aliphatic heterocycles. The van der Waals surface area contributed by atoms with Crippen LogP contribution >= 0.6 is 0 Å². The van der Waals surface area contributed by atoms with Gasteiger partial charge in [0.15, 0.2) is 0 Å². The number of benzene rings is 1. The van der Waals surface area contributed by atoms with E-state index in [2.05, 4.69) is 31.7 Å². The van der Waals surface area contributed by atoms with Crippen LogP contribution in [0.2, 0.25) is 0 Å². The maximum absolute atomic E-state index is 7.59. The molecule has 0 bridgehead atoms. The van der Waals surface area contributed by atoms with E-state index in [0.717, 1.165) is 30.6 Å². The molecule has 1 aromatic carbocycles. The van der Waals surface area contributed by atoms with Gasteiger partial charge >= 0.3 is 0 Å². The lowest BCUT2D eigenvalue weighted by atomic mass is 10.1. The Kier molecular flexibility index (Phi) is 5.16. The SMILES string of the molecule is CCCN(Cc1ccccc1C(=N)N)C(C)C. The van der Waals surface area contributed by atoms with E-state index in [1.165, 1.54) is 0 Å². The zero-order valence-corrected chi connectivity index (χ0v) is 11.0. The topological polar surface area (TPSA) is 53.1 Å². The van der Waals surface area contributed by atoms with Crippen LogP contribution in [0.15, 0.2) is 24.3 Å². The second kappa shape index (κ2) is 6.40. The highest BCUT2D eigenvalue weighted by Gasteiger charge is 2.12. The molecular weight excluding hydrogens is 210 g/mol. The maximum Gasteiger partial charge on any atom is 0.123 e. The Morgan fingerprint density at radius 3 is 2.53 bits per heavy atom. The van der Waals surface area contributed by atoms with E-state index in [-0.39, 0.29) is 5.84 Å². The molecule has 0 fully saturated rings. The summed E-state index contributed by atoms with van der Waals surface area (Å²) in [5.41, 5.74) is 7.60. The van der Waals surface area contributed by atoms with Gasteiger partial charge in [-0.3, -0.25) is 10.3 Å². The highest BCUT2D eigenvalue weighted by molar-refractivity contribution is 5.96. The highest BCUT2D eigenvalue weighted by Crippen LogP contribution is 2.13. The average Bonchev–Trinajstić information content (AvgIpc) is 2.28. The van der Waals surface area contributed by atoms with Gasteiger partial charge in [-0.15, -0.1) is 0 Å². The molecule has 0 amide bonds. The lowest BCUT2D eigenvalue weighted by Crippen LogP contribution is -2.32. The molecule has 3 N–H and O–H groups in total. The van der Waals surface area contributed by atoms with Crippen molar-refractivity contribution in [3.63, 3.8) is 0 Å². The fourth-order valence-corrected chi connectivity index (χ4v) is 1.95. The molecule has 0 aliphatic carbocycles. The van der Waals surface area contributed by atoms with E-state index in [1.54, 1.807) is 0 Å². The predicted octanol–water partition coefficient (Wildman–Crippen LogP) is 2.59. The molecule has 1 rings (SSSR count). The number of rotatable bonds is 6. The first-order chi connectivity index (χ1) is 8.06. The van der Waals surface area contributed by atoms with E-state index in [0.29, 0.717) is 6.04 Å². The molecule has 1 aromatic rings. The maximum atomic E-state index is 7.59. The van der Waals surface area contributed by atoms with Crippen LogP contribution in [-0.2, 0) is 6.54 Å². The Labute approximate surface area is 104 Å². The van der Waals surface area contributed by atoms with Gasteiger partial charge in [-0.25, -0.2) is 0 Å². The van der Waals surface area contributed by atoms with Crippen LogP contribution < -0.4 is 5.73 Å². The van der Waals surface area contributed by atoms with Crippen molar-refractivity contribution in [3.8, 4) is 0 Å². The number of nitrogen functional groups attached to an aromatic ring is 1. The lowest BCUT2D eigenvalue weighted by molar-refractivity contribution is 0.213. The number of nitrogens with one attached hydrogen (secondary N) is 1. The van der Waals surface area contributed by atoms with E-state index in [1.807, 2.05) is 18.2 Å². The Morgan fingerprint density at radius 1 is 1.35 bits per heavy atom. The van der Waals surface area contributed by atoms with Gasteiger partial charge in [-0.05, 0) is 32.4 Å². The molecule has 3 nitrogen and oxygen atoms in total. The molecule has 17 heavy (non-hydrogen) atoms. The van der Waals surface area contributed by atoms with Gasteiger partial charge in [0.2, 0.25) is 0 Å². The Bertz CT molecular complexity index is 371. The quantitative estimate of drug-likeness (QED) is 0.586. The average molecular weight is 233 g/mol. The summed E-state index contributed by atoms with van der Waals surface area (Å²) < 4.78 is 0. The zero-order chi connectivity index (χ0) is 12.8. The van der Waals surface area contributed by atoms with Crippen molar-refractivity contribution in [2.24, 2.45) is 5.73 Å². The van der Waals surface area contributed by atoms with Crippen molar-refractivity contribution in [2.45, 2.75) is 39.8 Å². The Morgan fingerprint density at radius 2 is 2.00 bits per heavy atom. The molecule has 0 saturated heterocycles. The lowest BCUT2D eigenvalue weighted by Gasteiger charge is -2.26. The summed E-state index contributed by atoms with van der Waals surface area (Å²) in [5, 5.41) is 7.59. The standard InChI is InChI=1S/C14H23N3/c1-4-9-17(11(2)3)10-12-7-5-6-8-13(12)14(15)16/h5-8,11H,4,9-10H2,1-3H3,(H3,15,16). The van der Waals surface area contributed by atoms with Crippen LogP contribution in [0.1, 0.15) is 38.3 Å². The molecule has 0 heterocycles. The van der Waals surface area contributed by atoms with Crippen molar-refractivity contribution in [3.05, 3.63) is 35.4 Å². The fraction of sp³-hybridized carbons (Fsp3) is 0.500. The summed E-state index contributed by atoms with van der Waals surface area (Å²) >= 11 is 0. The molecule has 94 valence electrons. The highest BCUT2D eigenvalue weighted by atomic mass is 15.1.